The van der Waals surface area contributed by atoms with Gasteiger partial charge in [0.25, 0.3) is 0 Å². The van der Waals surface area contributed by atoms with Gasteiger partial charge in [-0.1, -0.05) is 12.1 Å². The van der Waals surface area contributed by atoms with Crippen molar-refractivity contribution in [1.29, 1.82) is 0 Å². The maximum Gasteiger partial charge on any atom is 0.191 e. The van der Waals surface area contributed by atoms with Crippen LogP contribution in [0.25, 0.3) is 0 Å². The van der Waals surface area contributed by atoms with E-state index in [0.29, 0.717) is 18.2 Å². The van der Waals surface area contributed by atoms with Gasteiger partial charge in [-0.2, -0.15) is 0 Å². The summed E-state index contributed by atoms with van der Waals surface area (Å²) in [5.41, 5.74) is 1.72. The third kappa shape index (κ3) is 6.25. The summed E-state index contributed by atoms with van der Waals surface area (Å²) in [6.07, 6.45) is 2.65. The van der Waals surface area contributed by atoms with Gasteiger partial charge in [0.05, 0.1) is 0 Å². The highest BCUT2D eigenvalue weighted by Crippen LogP contribution is 2.34. The maximum absolute atomic E-state index is 13.3. The van der Waals surface area contributed by atoms with Gasteiger partial charge in [-0.05, 0) is 57.0 Å². The quantitative estimate of drug-likeness (QED) is 0.411. The summed E-state index contributed by atoms with van der Waals surface area (Å²) < 4.78 is 13.3. The van der Waals surface area contributed by atoms with Gasteiger partial charge < -0.3 is 15.5 Å². The first-order valence-corrected chi connectivity index (χ1v) is 7.87. The fraction of sp³-hybridized carbons (Fsp3) is 0.588. The molecule has 0 amide bonds. The zero-order chi connectivity index (χ0) is 16.1. The molecule has 1 unspecified atom stereocenters. The van der Waals surface area contributed by atoms with Crippen LogP contribution in [-0.2, 0) is 6.54 Å². The van der Waals surface area contributed by atoms with Crippen molar-refractivity contribution in [2.45, 2.75) is 32.4 Å². The van der Waals surface area contributed by atoms with Crippen LogP contribution in [0.4, 0.5) is 4.39 Å². The second-order valence-electron chi connectivity index (χ2n) is 6.26. The normalized spacial score (nSPS) is 16.0. The van der Waals surface area contributed by atoms with Crippen molar-refractivity contribution in [3.63, 3.8) is 0 Å². The number of aryl methyl sites for hydroxylation is 1. The minimum absolute atomic E-state index is 0. The molecule has 0 saturated heterocycles. The van der Waals surface area contributed by atoms with E-state index in [1.165, 1.54) is 18.9 Å². The summed E-state index contributed by atoms with van der Waals surface area (Å²) >= 11 is 0. The zero-order valence-electron chi connectivity index (χ0n) is 14.4. The Bertz CT molecular complexity index is 527. The molecule has 0 spiro atoms. The Morgan fingerprint density at radius 2 is 2.04 bits per heavy atom. The van der Waals surface area contributed by atoms with Crippen LogP contribution < -0.4 is 10.6 Å². The molecule has 23 heavy (non-hydrogen) atoms. The van der Waals surface area contributed by atoms with Gasteiger partial charge in [0.15, 0.2) is 5.96 Å². The molecule has 1 atom stereocenters. The molecule has 1 aliphatic rings. The molecule has 1 saturated carbocycles. The first-order valence-electron chi connectivity index (χ1n) is 7.87. The number of guanidine groups is 1. The van der Waals surface area contributed by atoms with Gasteiger partial charge >= 0.3 is 0 Å². The number of halogens is 2. The molecule has 0 radical (unpaired) electrons. The molecule has 0 heterocycles. The number of rotatable bonds is 6. The van der Waals surface area contributed by atoms with E-state index in [0.717, 1.165) is 24.0 Å². The highest BCUT2D eigenvalue weighted by molar-refractivity contribution is 14.0. The van der Waals surface area contributed by atoms with Gasteiger partial charge in [-0.3, -0.25) is 4.99 Å². The molecule has 0 aliphatic heterocycles. The molecule has 0 bridgehead atoms. The predicted molar refractivity (Wildman–Crippen MR) is 105 cm³/mol. The highest BCUT2D eigenvalue weighted by Gasteiger charge is 2.32. The molecule has 130 valence electrons. The summed E-state index contributed by atoms with van der Waals surface area (Å²) in [4.78, 5) is 6.54. The largest absolute Gasteiger partial charge is 0.355 e. The SMILES string of the molecule is CN=C(NCc1ccc(F)c(C)c1)NCC(C1CC1)N(C)C.I. The molecular formula is C17H28FIN4. The van der Waals surface area contributed by atoms with Crippen molar-refractivity contribution in [1.82, 2.24) is 15.5 Å². The van der Waals surface area contributed by atoms with Crippen LogP contribution in [0.5, 0.6) is 0 Å². The minimum Gasteiger partial charge on any atom is -0.355 e. The Morgan fingerprint density at radius 3 is 2.57 bits per heavy atom. The number of benzene rings is 1. The number of likely N-dealkylation sites (N-methyl/N-ethyl adjacent to an activating group) is 1. The molecule has 1 aromatic carbocycles. The van der Waals surface area contributed by atoms with Crippen LogP contribution >= 0.6 is 24.0 Å². The molecular weight excluding hydrogens is 406 g/mol. The molecule has 2 rings (SSSR count). The van der Waals surface area contributed by atoms with Gasteiger partial charge in [0, 0.05) is 26.2 Å². The maximum atomic E-state index is 13.3. The topological polar surface area (TPSA) is 39.7 Å². The van der Waals surface area contributed by atoms with Crippen LogP contribution in [0.3, 0.4) is 0 Å². The summed E-state index contributed by atoms with van der Waals surface area (Å²) in [6.45, 7) is 3.31. The number of nitrogens with one attached hydrogen (secondary N) is 2. The van der Waals surface area contributed by atoms with Crippen molar-refractivity contribution in [2.24, 2.45) is 10.9 Å². The van der Waals surface area contributed by atoms with E-state index < -0.39 is 0 Å². The number of nitrogens with zero attached hydrogens (tertiary/aromatic N) is 2. The van der Waals surface area contributed by atoms with Crippen molar-refractivity contribution >= 4 is 29.9 Å². The van der Waals surface area contributed by atoms with Crippen LogP contribution in [0, 0.1) is 18.7 Å². The second kappa shape index (κ2) is 9.42. The smallest absolute Gasteiger partial charge is 0.191 e. The van der Waals surface area contributed by atoms with Gasteiger partial charge in [-0.25, -0.2) is 4.39 Å². The Balaban J connectivity index is 0.00000264. The van der Waals surface area contributed by atoms with Crippen molar-refractivity contribution in [2.75, 3.05) is 27.7 Å². The van der Waals surface area contributed by atoms with Gasteiger partial charge in [-0.15, -0.1) is 24.0 Å². The number of hydrogen-bond acceptors (Lipinski definition) is 2. The summed E-state index contributed by atoms with van der Waals surface area (Å²) in [6, 6.07) is 5.72. The molecule has 1 aromatic rings. The fourth-order valence-electron chi connectivity index (χ4n) is 2.68. The molecule has 6 heteroatoms. The monoisotopic (exact) mass is 434 g/mol. The van der Waals surface area contributed by atoms with E-state index in [2.05, 4.69) is 34.6 Å². The van der Waals surface area contributed by atoms with Crippen molar-refractivity contribution < 1.29 is 4.39 Å². The second-order valence-corrected chi connectivity index (χ2v) is 6.26. The third-order valence-corrected chi connectivity index (χ3v) is 4.21. The lowest BCUT2D eigenvalue weighted by molar-refractivity contribution is 0.264. The lowest BCUT2D eigenvalue weighted by Crippen LogP contribution is -2.45. The van der Waals surface area contributed by atoms with Crippen LogP contribution in [0.1, 0.15) is 24.0 Å². The Morgan fingerprint density at radius 1 is 1.35 bits per heavy atom. The average molecular weight is 434 g/mol. The highest BCUT2D eigenvalue weighted by atomic mass is 127. The predicted octanol–water partition coefficient (Wildman–Crippen LogP) is 2.76. The lowest BCUT2D eigenvalue weighted by Gasteiger charge is -2.25. The summed E-state index contributed by atoms with van der Waals surface area (Å²) in [7, 11) is 6.03. The molecule has 1 fully saturated rings. The van der Waals surface area contributed by atoms with Crippen LogP contribution in [0.2, 0.25) is 0 Å². The molecule has 4 nitrogen and oxygen atoms in total. The van der Waals surface area contributed by atoms with Crippen LogP contribution in [0.15, 0.2) is 23.2 Å². The molecule has 2 N–H and O–H groups in total. The standard InChI is InChI=1S/C17H27FN4.HI/c1-12-9-13(5-8-15(12)18)10-20-17(19-2)21-11-16(22(3)4)14-6-7-14;/h5,8-9,14,16H,6-7,10-11H2,1-4H3,(H2,19,20,21);1H. The van der Waals surface area contributed by atoms with E-state index in [-0.39, 0.29) is 29.8 Å². The number of hydrogen-bond donors (Lipinski definition) is 2. The molecule has 0 aromatic heterocycles. The zero-order valence-corrected chi connectivity index (χ0v) is 16.7. The number of aliphatic imine (C=N–C) groups is 1. The van der Waals surface area contributed by atoms with Gasteiger partial charge in [0.2, 0.25) is 0 Å². The Labute approximate surface area is 156 Å². The van der Waals surface area contributed by atoms with Crippen molar-refractivity contribution in [3.8, 4) is 0 Å². The Hall–Kier alpha value is -0.890. The van der Waals surface area contributed by atoms with E-state index in [1.54, 1.807) is 20.0 Å². The van der Waals surface area contributed by atoms with Crippen LogP contribution in [-0.4, -0.2) is 44.6 Å². The fourth-order valence-corrected chi connectivity index (χ4v) is 2.68. The van der Waals surface area contributed by atoms with E-state index in [9.17, 15) is 4.39 Å². The van der Waals surface area contributed by atoms with E-state index in [1.807, 2.05) is 6.07 Å². The minimum atomic E-state index is -0.162. The average Bonchev–Trinajstić information content (AvgIpc) is 3.30. The van der Waals surface area contributed by atoms with E-state index in [4.69, 9.17) is 0 Å². The molecule has 1 aliphatic carbocycles. The first kappa shape index (κ1) is 20.2. The lowest BCUT2D eigenvalue weighted by atomic mass is 10.1. The Kier molecular flexibility index (Phi) is 8.25. The van der Waals surface area contributed by atoms with Crippen molar-refractivity contribution in [3.05, 3.63) is 35.1 Å². The first-order chi connectivity index (χ1) is 10.5. The summed E-state index contributed by atoms with van der Waals surface area (Å²) in [5.74, 6) is 1.43. The third-order valence-electron chi connectivity index (χ3n) is 4.21. The van der Waals surface area contributed by atoms with E-state index >= 15 is 0 Å². The summed E-state index contributed by atoms with van der Waals surface area (Å²) in [5, 5.41) is 6.68. The van der Waals surface area contributed by atoms with Gasteiger partial charge in [0.1, 0.15) is 5.82 Å².